The van der Waals surface area contributed by atoms with E-state index in [2.05, 4.69) is 0 Å². The van der Waals surface area contributed by atoms with E-state index in [1.165, 1.54) is 51.4 Å². The van der Waals surface area contributed by atoms with Crippen LogP contribution in [-0.4, -0.2) is 11.7 Å². The van der Waals surface area contributed by atoms with Crippen LogP contribution in [0.1, 0.15) is 51.4 Å². The van der Waals surface area contributed by atoms with Crippen molar-refractivity contribution in [2.75, 3.05) is 6.61 Å². The lowest BCUT2D eigenvalue weighted by atomic mass is 9.73. The van der Waals surface area contributed by atoms with E-state index in [1.54, 1.807) is 0 Å². The van der Waals surface area contributed by atoms with Crippen LogP contribution in [0.2, 0.25) is 0 Å². The van der Waals surface area contributed by atoms with Crippen molar-refractivity contribution in [2.24, 2.45) is 29.6 Å². The highest BCUT2D eigenvalue weighted by molar-refractivity contribution is 4.99. The summed E-state index contributed by atoms with van der Waals surface area (Å²) in [5, 5.41) is 9.64. The molecule has 0 aromatic heterocycles. The Morgan fingerprint density at radius 2 is 1.07 bits per heavy atom. The Morgan fingerprint density at radius 3 is 1.47 bits per heavy atom. The molecule has 0 heterocycles. The predicted octanol–water partition coefficient (Wildman–Crippen LogP) is 3.22. The van der Waals surface area contributed by atoms with Gasteiger partial charge in [-0.05, 0) is 55.3 Å². The zero-order valence-electron chi connectivity index (χ0n) is 9.70. The molecule has 0 aromatic rings. The standard InChI is InChI=1S/C14H24O/c15-9-14-12-7-3-1-5-10(12)11-6-2-4-8-13(11)14/h10-15H,1-9H2. The van der Waals surface area contributed by atoms with E-state index in [-0.39, 0.29) is 0 Å². The van der Waals surface area contributed by atoms with Crippen LogP contribution in [0.4, 0.5) is 0 Å². The average Bonchev–Trinajstić information content (AvgIpc) is 2.63. The van der Waals surface area contributed by atoms with E-state index in [0.29, 0.717) is 12.5 Å². The van der Waals surface area contributed by atoms with Crippen LogP contribution < -0.4 is 0 Å². The highest BCUT2D eigenvalue weighted by Gasteiger charge is 2.50. The van der Waals surface area contributed by atoms with Crippen LogP contribution in [0, 0.1) is 29.6 Å². The molecule has 3 saturated carbocycles. The average molecular weight is 208 g/mol. The summed E-state index contributed by atoms with van der Waals surface area (Å²) in [5.74, 6) is 4.48. The van der Waals surface area contributed by atoms with Crippen LogP contribution in [0.3, 0.4) is 0 Å². The molecule has 1 nitrogen and oxygen atoms in total. The first-order valence-electron chi connectivity index (χ1n) is 7.02. The summed E-state index contributed by atoms with van der Waals surface area (Å²) in [6, 6.07) is 0. The van der Waals surface area contributed by atoms with E-state index >= 15 is 0 Å². The molecule has 0 saturated heterocycles. The van der Waals surface area contributed by atoms with E-state index in [4.69, 9.17) is 0 Å². The Bertz CT molecular complexity index is 172. The molecular formula is C14H24O. The zero-order chi connectivity index (χ0) is 10.3. The van der Waals surface area contributed by atoms with Crippen LogP contribution in [0.5, 0.6) is 0 Å². The Hall–Kier alpha value is -0.0400. The third kappa shape index (κ3) is 1.54. The third-order valence-electron chi connectivity index (χ3n) is 5.61. The molecule has 0 spiro atoms. The number of hydrogen-bond acceptors (Lipinski definition) is 1. The van der Waals surface area contributed by atoms with Crippen LogP contribution in [0.25, 0.3) is 0 Å². The summed E-state index contributed by atoms with van der Waals surface area (Å²) in [6.45, 7) is 0.475. The van der Waals surface area contributed by atoms with Crippen molar-refractivity contribution in [3.63, 3.8) is 0 Å². The molecular weight excluding hydrogens is 184 g/mol. The molecule has 1 N–H and O–H groups in total. The second-order valence-corrected chi connectivity index (χ2v) is 6.07. The molecule has 4 atom stereocenters. The Labute approximate surface area is 93.3 Å². The van der Waals surface area contributed by atoms with E-state index < -0.39 is 0 Å². The molecule has 0 amide bonds. The quantitative estimate of drug-likeness (QED) is 0.701. The Balaban J connectivity index is 1.83. The summed E-state index contributed by atoms with van der Waals surface area (Å²) in [6.07, 6.45) is 11.6. The maximum absolute atomic E-state index is 9.64. The fourth-order valence-corrected chi connectivity index (χ4v) is 5.09. The largest absolute Gasteiger partial charge is 0.396 e. The predicted molar refractivity (Wildman–Crippen MR) is 61.5 cm³/mol. The molecule has 0 radical (unpaired) electrons. The van der Waals surface area contributed by atoms with Crippen molar-refractivity contribution in [1.82, 2.24) is 0 Å². The fourth-order valence-electron chi connectivity index (χ4n) is 5.09. The van der Waals surface area contributed by atoms with Gasteiger partial charge in [0.1, 0.15) is 0 Å². The van der Waals surface area contributed by atoms with Gasteiger partial charge >= 0.3 is 0 Å². The maximum atomic E-state index is 9.64. The normalized spacial score (nSPS) is 49.8. The molecule has 1 heteroatoms. The van der Waals surface area contributed by atoms with Gasteiger partial charge in [0.15, 0.2) is 0 Å². The molecule has 86 valence electrons. The fraction of sp³-hybridized carbons (Fsp3) is 1.00. The van der Waals surface area contributed by atoms with Crippen molar-refractivity contribution in [3.8, 4) is 0 Å². The molecule has 3 aliphatic rings. The van der Waals surface area contributed by atoms with Crippen molar-refractivity contribution in [2.45, 2.75) is 51.4 Å². The highest BCUT2D eigenvalue weighted by atomic mass is 16.3. The van der Waals surface area contributed by atoms with Gasteiger partial charge in [-0.25, -0.2) is 0 Å². The van der Waals surface area contributed by atoms with Crippen molar-refractivity contribution in [1.29, 1.82) is 0 Å². The lowest BCUT2D eigenvalue weighted by Crippen LogP contribution is -2.23. The molecule has 15 heavy (non-hydrogen) atoms. The minimum Gasteiger partial charge on any atom is -0.396 e. The van der Waals surface area contributed by atoms with E-state index in [9.17, 15) is 5.11 Å². The smallest absolute Gasteiger partial charge is 0.0464 e. The molecule has 3 aliphatic carbocycles. The van der Waals surface area contributed by atoms with E-state index in [1.807, 2.05) is 0 Å². The SMILES string of the molecule is OCC1C2CCCCC2C2CCCCC12. The van der Waals surface area contributed by atoms with E-state index in [0.717, 1.165) is 23.7 Å². The first-order chi connectivity index (χ1) is 7.42. The zero-order valence-corrected chi connectivity index (χ0v) is 9.70. The molecule has 3 rings (SSSR count). The number of fused-ring (bicyclic) bond motifs is 3. The number of hydrogen-bond donors (Lipinski definition) is 1. The number of rotatable bonds is 1. The van der Waals surface area contributed by atoms with Gasteiger partial charge in [0.25, 0.3) is 0 Å². The molecule has 0 aromatic carbocycles. The Morgan fingerprint density at radius 1 is 0.667 bits per heavy atom. The first kappa shape index (κ1) is 10.1. The van der Waals surface area contributed by atoms with Crippen LogP contribution in [-0.2, 0) is 0 Å². The third-order valence-corrected chi connectivity index (χ3v) is 5.61. The monoisotopic (exact) mass is 208 g/mol. The van der Waals surface area contributed by atoms with Gasteiger partial charge in [0.05, 0.1) is 0 Å². The molecule has 4 unspecified atom stereocenters. The lowest BCUT2D eigenvalue weighted by molar-refractivity contribution is 0.126. The van der Waals surface area contributed by atoms with Gasteiger partial charge in [0.2, 0.25) is 0 Å². The van der Waals surface area contributed by atoms with Gasteiger partial charge in [-0.2, -0.15) is 0 Å². The summed E-state index contributed by atoms with van der Waals surface area (Å²) in [4.78, 5) is 0. The van der Waals surface area contributed by atoms with Crippen molar-refractivity contribution in [3.05, 3.63) is 0 Å². The summed E-state index contributed by atoms with van der Waals surface area (Å²) >= 11 is 0. The molecule has 3 fully saturated rings. The second kappa shape index (κ2) is 4.08. The Kier molecular flexibility index (Phi) is 2.76. The lowest BCUT2D eigenvalue weighted by Gasteiger charge is -2.32. The first-order valence-corrected chi connectivity index (χ1v) is 7.02. The molecule has 0 bridgehead atoms. The van der Waals surface area contributed by atoms with Gasteiger partial charge in [-0.15, -0.1) is 0 Å². The van der Waals surface area contributed by atoms with Gasteiger partial charge in [0, 0.05) is 6.61 Å². The van der Waals surface area contributed by atoms with Gasteiger partial charge in [-0.3, -0.25) is 0 Å². The van der Waals surface area contributed by atoms with Gasteiger partial charge < -0.3 is 5.11 Å². The minimum absolute atomic E-state index is 0.475. The minimum atomic E-state index is 0.475. The number of aliphatic hydroxyl groups excluding tert-OH is 1. The molecule has 0 aliphatic heterocycles. The number of aliphatic hydroxyl groups is 1. The highest BCUT2D eigenvalue weighted by Crippen LogP contribution is 2.56. The summed E-state index contributed by atoms with van der Waals surface area (Å²) in [7, 11) is 0. The maximum Gasteiger partial charge on any atom is 0.0464 e. The van der Waals surface area contributed by atoms with Crippen molar-refractivity contribution >= 4 is 0 Å². The summed E-state index contributed by atoms with van der Waals surface area (Å²) in [5.41, 5.74) is 0. The van der Waals surface area contributed by atoms with Gasteiger partial charge in [-0.1, -0.05) is 25.7 Å². The second-order valence-electron chi connectivity index (χ2n) is 6.07. The van der Waals surface area contributed by atoms with Crippen LogP contribution in [0.15, 0.2) is 0 Å². The van der Waals surface area contributed by atoms with Crippen molar-refractivity contribution < 1.29 is 5.11 Å². The summed E-state index contributed by atoms with van der Waals surface area (Å²) < 4.78 is 0. The van der Waals surface area contributed by atoms with Crippen LogP contribution >= 0.6 is 0 Å². The topological polar surface area (TPSA) is 20.2 Å².